The summed E-state index contributed by atoms with van der Waals surface area (Å²) >= 11 is 0. The van der Waals surface area contributed by atoms with Crippen LogP contribution in [-0.4, -0.2) is 24.3 Å². The number of ether oxygens (including phenoxy) is 1. The molecule has 0 aliphatic rings. The number of terminal acetylenes is 1. The fraction of sp³-hybridized carbons (Fsp3) is 0.308. The molecule has 0 spiro atoms. The minimum atomic E-state index is -0.360. The van der Waals surface area contributed by atoms with Crippen molar-refractivity contribution in [1.82, 2.24) is 0 Å². The summed E-state index contributed by atoms with van der Waals surface area (Å²) in [7, 11) is 0. The molecule has 16 heavy (non-hydrogen) atoms. The first-order valence-corrected chi connectivity index (χ1v) is 5.12. The SMILES string of the molecule is C#Cc1ccc(C(=O)OCCCCO)cc1. The number of esters is 1. The Morgan fingerprint density at radius 2 is 2.00 bits per heavy atom. The topological polar surface area (TPSA) is 46.5 Å². The molecule has 0 amide bonds. The highest BCUT2D eigenvalue weighted by molar-refractivity contribution is 5.89. The third kappa shape index (κ3) is 3.76. The Hall–Kier alpha value is -1.79. The van der Waals surface area contributed by atoms with E-state index in [9.17, 15) is 4.79 Å². The molecule has 0 saturated heterocycles. The van der Waals surface area contributed by atoms with Gasteiger partial charge in [-0.2, -0.15) is 0 Å². The predicted octanol–water partition coefficient (Wildman–Crippen LogP) is 1.60. The molecule has 0 unspecified atom stereocenters. The largest absolute Gasteiger partial charge is 0.462 e. The molecule has 0 aliphatic heterocycles. The zero-order valence-corrected chi connectivity index (χ0v) is 8.98. The van der Waals surface area contributed by atoms with Crippen molar-refractivity contribution < 1.29 is 14.6 Å². The molecule has 84 valence electrons. The van der Waals surface area contributed by atoms with Gasteiger partial charge in [-0.15, -0.1) is 6.42 Å². The lowest BCUT2D eigenvalue weighted by molar-refractivity contribution is 0.0492. The highest BCUT2D eigenvalue weighted by atomic mass is 16.5. The highest BCUT2D eigenvalue weighted by Crippen LogP contribution is 2.05. The normalized spacial score (nSPS) is 9.50. The van der Waals surface area contributed by atoms with Gasteiger partial charge in [0.1, 0.15) is 0 Å². The number of unbranched alkanes of at least 4 members (excludes halogenated alkanes) is 1. The maximum Gasteiger partial charge on any atom is 0.338 e. The highest BCUT2D eigenvalue weighted by Gasteiger charge is 2.05. The molecule has 1 N–H and O–H groups in total. The predicted molar refractivity (Wildman–Crippen MR) is 61.0 cm³/mol. The van der Waals surface area contributed by atoms with E-state index in [0.717, 1.165) is 5.56 Å². The fourth-order valence-corrected chi connectivity index (χ4v) is 1.16. The van der Waals surface area contributed by atoms with E-state index < -0.39 is 0 Å². The first kappa shape index (κ1) is 12.3. The Morgan fingerprint density at radius 3 is 2.56 bits per heavy atom. The van der Waals surface area contributed by atoms with Crippen LogP contribution in [0.25, 0.3) is 0 Å². The minimum Gasteiger partial charge on any atom is -0.462 e. The summed E-state index contributed by atoms with van der Waals surface area (Å²) in [4.78, 5) is 11.5. The smallest absolute Gasteiger partial charge is 0.338 e. The van der Waals surface area contributed by atoms with Gasteiger partial charge in [0, 0.05) is 12.2 Å². The van der Waals surface area contributed by atoms with Gasteiger partial charge in [-0.1, -0.05) is 5.92 Å². The minimum absolute atomic E-state index is 0.119. The number of aliphatic hydroxyl groups is 1. The molecule has 0 fully saturated rings. The first-order valence-electron chi connectivity index (χ1n) is 5.12. The van der Waals surface area contributed by atoms with Crippen LogP contribution < -0.4 is 0 Å². The third-order valence-corrected chi connectivity index (χ3v) is 2.07. The van der Waals surface area contributed by atoms with E-state index in [4.69, 9.17) is 16.3 Å². The average molecular weight is 218 g/mol. The Kier molecular flexibility index (Phi) is 5.10. The van der Waals surface area contributed by atoms with Gasteiger partial charge in [0.25, 0.3) is 0 Å². The maximum absolute atomic E-state index is 11.5. The summed E-state index contributed by atoms with van der Waals surface area (Å²) in [5, 5.41) is 8.55. The molecule has 0 heterocycles. The number of carbonyl (C=O) groups excluding carboxylic acids is 1. The van der Waals surface area contributed by atoms with E-state index in [1.54, 1.807) is 24.3 Å². The summed E-state index contributed by atoms with van der Waals surface area (Å²) < 4.78 is 5.00. The first-order chi connectivity index (χ1) is 7.77. The molecule has 0 radical (unpaired) electrons. The lowest BCUT2D eigenvalue weighted by Crippen LogP contribution is -2.06. The lowest BCUT2D eigenvalue weighted by Gasteiger charge is -2.03. The number of hydrogen-bond donors (Lipinski definition) is 1. The van der Waals surface area contributed by atoms with E-state index in [1.165, 1.54) is 0 Å². The summed E-state index contributed by atoms with van der Waals surface area (Å²) in [6, 6.07) is 6.68. The van der Waals surface area contributed by atoms with Crippen LogP contribution in [0.1, 0.15) is 28.8 Å². The van der Waals surface area contributed by atoms with Gasteiger partial charge >= 0.3 is 5.97 Å². The summed E-state index contributed by atoms with van der Waals surface area (Å²) in [6.45, 7) is 0.449. The molecular weight excluding hydrogens is 204 g/mol. The van der Waals surface area contributed by atoms with E-state index >= 15 is 0 Å². The molecular formula is C13H14O3. The van der Waals surface area contributed by atoms with Gasteiger partial charge in [-0.25, -0.2) is 4.79 Å². The van der Waals surface area contributed by atoms with E-state index in [1.807, 2.05) is 0 Å². The van der Waals surface area contributed by atoms with Crippen LogP contribution in [0, 0.1) is 12.3 Å². The number of carbonyl (C=O) groups is 1. The maximum atomic E-state index is 11.5. The summed E-state index contributed by atoms with van der Waals surface area (Å²) in [5.41, 5.74) is 1.22. The molecule has 0 bridgehead atoms. The van der Waals surface area contributed by atoms with Crippen molar-refractivity contribution in [2.24, 2.45) is 0 Å². The Morgan fingerprint density at radius 1 is 1.31 bits per heavy atom. The zero-order chi connectivity index (χ0) is 11.8. The van der Waals surface area contributed by atoms with Crippen molar-refractivity contribution in [2.45, 2.75) is 12.8 Å². The van der Waals surface area contributed by atoms with Crippen molar-refractivity contribution in [1.29, 1.82) is 0 Å². The second kappa shape index (κ2) is 6.65. The molecule has 3 heteroatoms. The van der Waals surface area contributed by atoms with Crippen LogP contribution in [0.15, 0.2) is 24.3 Å². The van der Waals surface area contributed by atoms with Crippen LogP contribution >= 0.6 is 0 Å². The van der Waals surface area contributed by atoms with Crippen LogP contribution in [-0.2, 0) is 4.74 Å². The molecule has 1 rings (SSSR count). The second-order valence-corrected chi connectivity index (χ2v) is 3.29. The van der Waals surface area contributed by atoms with Gasteiger partial charge in [0.05, 0.1) is 12.2 Å². The average Bonchev–Trinajstić information content (AvgIpc) is 2.34. The Labute approximate surface area is 95.1 Å². The van der Waals surface area contributed by atoms with Crippen molar-refractivity contribution in [2.75, 3.05) is 13.2 Å². The van der Waals surface area contributed by atoms with Crippen LogP contribution in [0.2, 0.25) is 0 Å². The number of rotatable bonds is 5. The molecule has 0 saturated carbocycles. The second-order valence-electron chi connectivity index (χ2n) is 3.29. The van der Waals surface area contributed by atoms with Gasteiger partial charge < -0.3 is 9.84 Å². The fourth-order valence-electron chi connectivity index (χ4n) is 1.16. The van der Waals surface area contributed by atoms with Crippen molar-refractivity contribution >= 4 is 5.97 Å². The molecule has 0 aromatic heterocycles. The Balaban J connectivity index is 2.44. The van der Waals surface area contributed by atoms with Crippen LogP contribution in [0.5, 0.6) is 0 Å². The van der Waals surface area contributed by atoms with E-state index in [0.29, 0.717) is 25.0 Å². The lowest BCUT2D eigenvalue weighted by atomic mass is 10.1. The van der Waals surface area contributed by atoms with Gasteiger partial charge in [-0.05, 0) is 37.1 Å². The molecule has 1 aromatic rings. The van der Waals surface area contributed by atoms with Crippen molar-refractivity contribution in [3.63, 3.8) is 0 Å². The van der Waals surface area contributed by atoms with Crippen molar-refractivity contribution in [3.05, 3.63) is 35.4 Å². The van der Waals surface area contributed by atoms with Crippen molar-refractivity contribution in [3.8, 4) is 12.3 Å². The summed E-state index contributed by atoms with van der Waals surface area (Å²) in [5.74, 6) is 2.11. The van der Waals surface area contributed by atoms with E-state index in [-0.39, 0.29) is 12.6 Å². The molecule has 0 atom stereocenters. The molecule has 0 aliphatic carbocycles. The molecule has 3 nitrogen and oxygen atoms in total. The third-order valence-electron chi connectivity index (χ3n) is 2.07. The van der Waals surface area contributed by atoms with Crippen LogP contribution in [0.4, 0.5) is 0 Å². The van der Waals surface area contributed by atoms with Gasteiger partial charge in [0.2, 0.25) is 0 Å². The number of benzene rings is 1. The zero-order valence-electron chi connectivity index (χ0n) is 8.98. The Bertz CT molecular complexity index is 373. The monoisotopic (exact) mass is 218 g/mol. The van der Waals surface area contributed by atoms with Crippen LogP contribution in [0.3, 0.4) is 0 Å². The molecule has 1 aromatic carbocycles. The number of hydrogen-bond acceptors (Lipinski definition) is 3. The van der Waals surface area contributed by atoms with Gasteiger partial charge in [-0.3, -0.25) is 0 Å². The standard InChI is InChI=1S/C13H14O3/c1-2-11-5-7-12(8-6-11)13(15)16-10-4-3-9-14/h1,5-8,14H,3-4,9-10H2. The number of aliphatic hydroxyl groups excluding tert-OH is 1. The van der Waals surface area contributed by atoms with Gasteiger partial charge in [0.15, 0.2) is 0 Å². The summed E-state index contributed by atoms with van der Waals surface area (Å²) in [6.07, 6.45) is 6.51. The quantitative estimate of drug-likeness (QED) is 0.464. The van der Waals surface area contributed by atoms with E-state index in [2.05, 4.69) is 5.92 Å².